The average molecular weight is 285 g/mol. The van der Waals surface area contributed by atoms with Crippen LogP contribution in [-0.4, -0.2) is 34.3 Å². The molecule has 0 radical (unpaired) electrons. The van der Waals surface area contributed by atoms with Crippen molar-refractivity contribution >= 4 is 17.4 Å². The second kappa shape index (κ2) is 5.35. The van der Waals surface area contributed by atoms with E-state index in [4.69, 9.17) is 0 Å². The van der Waals surface area contributed by atoms with Crippen LogP contribution in [0, 0.1) is 0 Å². The number of Topliss-reactive ketones (excluding diaryl/α,β-unsaturated/α-hetero) is 1. The highest BCUT2D eigenvalue weighted by Crippen LogP contribution is 2.33. The summed E-state index contributed by atoms with van der Waals surface area (Å²) in [5.41, 5.74) is 1.66. The molecule has 1 N–H and O–H groups in total. The van der Waals surface area contributed by atoms with E-state index in [1.165, 1.54) is 5.56 Å². The molecule has 4 heteroatoms. The van der Waals surface area contributed by atoms with Crippen molar-refractivity contribution in [1.29, 1.82) is 0 Å². The monoisotopic (exact) mass is 285 g/mol. The van der Waals surface area contributed by atoms with Gasteiger partial charge in [-0.1, -0.05) is 37.6 Å². The molecular formula is C17H19NO3. The fraction of sp³-hybridized carbons (Fsp3) is 0.412. The van der Waals surface area contributed by atoms with Gasteiger partial charge in [0.2, 0.25) is 0 Å². The van der Waals surface area contributed by atoms with Crippen LogP contribution >= 0.6 is 0 Å². The van der Waals surface area contributed by atoms with Crippen molar-refractivity contribution in [3.63, 3.8) is 0 Å². The third kappa shape index (κ3) is 2.58. The van der Waals surface area contributed by atoms with Gasteiger partial charge in [0, 0.05) is 11.6 Å². The lowest BCUT2D eigenvalue weighted by atomic mass is 10.0. The number of carbonyl (C=O) groups excluding carboxylic acids is 2. The summed E-state index contributed by atoms with van der Waals surface area (Å²) in [5.74, 6) is -0.782. The normalized spacial score (nSPS) is 21.1. The Bertz CT molecular complexity index is 611. The van der Waals surface area contributed by atoms with E-state index in [1.807, 2.05) is 12.1 Å². The molecule has 1 amide bonds. The summed E-state index contributed by atoms with van der Waals surface area (Å²) >= 11 is 0. The highest BCUT2D eigenvalue weighted by Gasteiger charge is 2.43. The lowest BCUT2D eigenvalue weighted by Crippen LogP contribution is -2.27. The van der Waals surface area contributed by atoms with E-state index in [1.54, 1.807) is 17.0 Å². The van der Waals surface area contributed by atoms with Crippen LogP contribution in [-0.2, 0) is 16.0 Å². The molecule has 110 valence electrons. The van der Waals surface area contributed by atoms with Crippen molar-refractivity contribution in [2.75, 3.05) is 6.54 Å². The largest absolute Gasteiger partial charge is 0.506 e. The zero-order valence-electron chi connectivity index (χ0n) is 12.1. The lowest BCUT2D eigenvalue weighted by Gasteiger charge is -2.12. The number of aryl methyl sites for hydroxylation is 1. The molecule has 1 aliphatic heterocycles. The molecule has 4 nitrogen and oxygen atoms in total. The molecule has 1 aromatic carbocycles. The van der Waals surface area contributed by atoms with E-state index < -0.39 is 0 Å². The zero-order chi connectivity index (χ0) is 15.0. The maximum Gasteiger partial charge on any atom is 0.262 e. The number of nitrogens with zero attached hydrogens (tertiary/aromatic N) is 1. The van der Waals surface area contributed by atoms with Crippen molar-refractivity contribution in [1.82, 2.24) is 4.90 Å². The molecule has 1 aliphatic carbocycles. The number of ketones is 1. The van der Waals surface area contributed by atoms with Crippen LogP contribution in [0.15, 0.2) is 29.8 Å². The number of aliphatic hydroxyl groups excluding tert-OH is 1. The number of benzene rings is 1. The molecular weight excluding hydrogens is 266 g/mol. The number of carbonyl (C=O) groups is 2. The molecule has 2 fully saturated rings. The highest BCUT2D eigenvalue weighted by atomic mass is 16.3. The summed E-state index contributed by atoms with van der Waals surface area (Å²) in [5, 5.41) is 10.3. The van der Waals surface area contributed by atoms with Crippen LogP contribution in [0.3, 0.4) is 0 Å². The predicted molar refractivity (Wildman–Crippen MR) is 79.7 cm³/mol. The Morgan fingerprint density at radius 1 is 1.24 bits per heavy atom. The number of aliphatic hydroxyl groups is 1. The fourth-order valence-electron chi connectivity index (χ4n) is 2.75. The molecule has 0 spiro atoms. The molecule has 3 rings (SSSR count). The minimum absolute atomic E-state index is 0.0508. The average Bonchev–Trinajstić information content (AvgIpc) is 3.26. The first-order valence-corrected chi connectivity index (χ1v) is 7.48. The summed E-state index contributed by atoms with van der Waals surface area (Å²) in [6, 6.07) is 7.59. The van der Waals surface area contributed by atoms with Gasteiger partial charge in [0.05, 0.1) is 6.54 Å². The molecule has 0 aromatic heterocycles. The van der Waals surface area contributed by atoms with Crippen LogP contribution in [0.25, 0.3) is 5.76 Å². The van der Waals surface area contributed by atoms with Gasteiger partial charge in [-0.2, -0.15) is 0 Å². The Morgan fingerprint density at radius 3 is 2.48 bits per heavy atom. The topological polar surface area (TPSA) is 57.6 Å². The minimum atomic E-state index is -0.322. The van der Waals surface area contributed by atoms with E-state index in [0.29, 0.717) is 5.56 Å². The summed E-state index contributed by atoms with van der Waals surface area (Å²) in [4.78, 5) is 25.9. The number of amides is 1. The molecule has 0 bridgehead atoms. The Labute approximate surface area is 124 Å². The number of hydrogen-bond donors (Lipinski definition) is 1. The van der Waals surface area contributed by atoms with Gasteiger partial charge < -0.3 is 10.0 Å². The maximum absolute atomic E-state index is 12.3. The van der Waals surface area contributed by atoms with Crippen molar-refractivity contribution in [2.24, 2.45) is 0 Å². The van der Waals surface area contributed by atoms with E-state index >= 15 is 0 Å². The quantitative estimate of drug-likeness (QED) is 0.525. The standard InChI is InChI=1S/C17H19NO3/c1-2-3-11-4-6-12(7-5-11)16(20)15-14(19)10-18(17(15)21)13-8-9-13/h4-7,13,20H,2-3,8-10H2,1H3/b16-15-. The van der Waals surface area contributed by atoms with Crippen molar-refractivity contribution in [2.45, 2.75) is 38.6 Å². The van der Waals surface area contributed by atoms with Gasteiger partial charge in [-0.15, -0.1) is 0 Å². The predicted octanol–water partition coefficient (Wildman–Crippen LogP) is 2.48. The Kier molecular flexibility index (Phi) is 3.53. The minimum Gasteiger partial charge on any atom is -0.506 e. The molecule has 2 aliphatic rings. The fourth-order valence-corrected chi connectivity index (χ4v) is 2.75. The number of hydrogen-bond acceptors (Lipinski definition) is 3. The molecule has 1 aromatic rings. The summed E-state index contributed by atoms with van der Waals surface area (Å²) in [7, 11) is 0. The number of rotatable bonds is 4. The molecule has 0 unspecified atom stereocenters. The maximum atomic E-state index is 12.3. The Morgan fingerprint density at radius 2 is 1.90 bits per heavy atom. The lowest BCUT2D eigenvalue weighted by molar-refractivity contribution is -0.125. The molecule has 1 saturated carbocycles. The highest BCUT2D eigenvalue weighted by molar-refractivity contribution is 6.28. The first-order chi connectivity index (χ1) is 10.1. The van der Waals surface area contributed by atoms with Crippen molar-refractivity contribution in [3.8, 4) is 0 Å². The molecule has 0 atom stereocenters. The van der Waals surface area contributed by atoms with Crippen LogP contribution in [0.2, 0.25) is 0 Å². The second-order valence-corrected chi connectivity index (χ2v) is 5.76. The zero-order valence-corrected chi connectivity index (χ0v) is 12.1. The third-order valence-corrected chi connectivity index (χ3v) is 4.06. The molecule has 21 heavy (non-hydrogen) atoms. The Balaban J connectivity index is 1.89. The third-order valence-electron chi connectivity index (χ3n) is 4.06. The van der Waals surface area contributed by atoms with E-state index in [9.17, 15) is 14.7 Å². The smallest absolute Gasteiger partial charge is 0.262 e. The summed E-state index contributed by atoms with van der Waals surface area (Å²) in [6.45, 7) is 2.21. The van der Waals surface area contributed by atoms with Crippen LogP contribution in [0.5, 0.6) is 0 Å². The van der Waals surface area contributed by atoms with Crippen molar-refractivity contribution < 1.29 is 14.7 Å². The summed E-state index contributed by atoms with van der Waals surface area (Å²) in [6.07, 6.45) is 3.95. The van der Waals surface area contributed by atoms with Crippen LogP contribution in [0.4, 0.5) is 0 Å². The van der Waals surface area contributed by atoms with Gasteiger partial charge in [-0.3, -0.25) is 9.59 Å². The first kappa shape index (κ1) is 13.9. The van der Waals surface area contributed by atoms with E-state index in [2.05, 4.69) is 6.92 Å². The van der Waals surface area contributed by atoms with E-state index in [0.717, 1.165) is 25.7 Å². The summed E-state index contributed by atoms with van der Waals surface area (Å²) < 4.78 is 0. The second-order valence-electron chi connectivity index (χ2n) is 5.76. The van der Waals surface area contributed by atoms with E-state index in [-0.39, 0.29) is 35.6 Å². The van der Waals surface area contributed by atoms with Gasteiger partial charge in [0.1, 0.15) is 11.3 Å². The molecule has 1 heterocycles. The number of likely N-dealkylation sites (tertiary alicyclic amines) is 1. The SMILES string of the molecule is CCCc1ccc(/C(O)=C2\C(=O)CN(C3CC3)C2=O)cc1. The van der Waals surface area contributed by atoms with Crippen LogP contribution < -0.4 is 0 Å². The van der Waals surface area contributed by atoms with Gasteiger partial charge in [-0.25, -0.2) is 0 Å². The van der Waals surface area contributed by atoms with Crippen molar-refractivity contribution in [3.05, 3.63) is 41.0 Å². The van der Waals surface area contributed by atoms with Gasteiger partial charge in [0.15, 0.2) is 5.78 Å². The van der Waals surface area contributed by atoms with Gasteiger partial charge in [0.25, 0.3) is 5.91 Å². The molecule has 1 saturated heterocycles. The van der Waals surface area contributed by atoms with Gasteiger partial charge in [-0.05, 0) is 24.8 Å². The van der Waals surface area contributed by atoms with Crippen LogP contribution in [0.1, 0.15) is 37.3 Å². The first-order valence-electron chi connectivity index (χ1n) is 7.48. The van der Waals surface area contributed by atoms with Gasteiger partial charge >= 0.3 is 0 Å². The Hall–Kier alpha value is -2.10.